The predicted molar refractivity (Wildman–Crippen MR) is 57.1 cm³/mol. The van der Waals surface area contributed by atoms with E-state index in [-0.39, 0.29) is 0 Å². The molecule has 0 aliphatic carbocycles. The number of ether oxygens (including phenoxy) is 1. The molecule has 15 heavy (non-hydrogen) atoms. The zero-order chi connectivity index (χ0) is 12.1. The lowest BCUT2D eigenvalue weighted by Crippen LogP contribution is -2.54. The Morgan fingerprint density at radius 1 is 1.20 bits per heavy atom. The smallest absolute Gasteiger partial charge is 0.455 e. The van der Waals surface area contributed by atoms with E-state index < -0.39 is 20.5 Å². The first kappa shape index (κ1) is 14.3. The van der Waals surface area contributed by atoms with Gasteiger partial charge in [-0.05, 0) is 13.8 Å². The van der Waals surface area contributed by atoms with Crippen LogP contribution in [0.4, 0.5) is 0 Å². The molecule has 0 bridgehead atoms. The number of carbonyl (C=O) groups excluding carboxylic acids is 1. The summed E-state index contributed by atoms with van der Waals surface area (Å²) in [5, 5.41) is 0. The lowest BCUT2D eigenvalue weighted by molar-refractivity contribution is -0.143. The maximum atomic E-state index is 11.3. The second-order valence-electron chi connectivity index (χ2n) is 3.04. The van der Waals surface area contributed by atoms with Gasteiger partial charge in [-0.1, -0.05) is 6.58 Å². The zero-order valence-corrected chi connectivity index (χ0v) is 10.8. The maximum Gasteiger partial charge on any atom is 0.543 e. The van der Waals surface area contributed by atoms with Gasteiger partial charge < -0.3 is 18.0 Å². The minimum Gasteiger partial charge on any atom is -0.455 e. The van der Waals surface area contributed by atoms with Crippen LogP contribution in [-0.4, -0.2) is 41.8 Å². The van der Waals surface area contributed by atoms with Crippen molar-refractivity contribution < 1.29 is 22.8 Å². The highest BCUT2D eigenvalue weighted by Crippen LogP contribution is 2.15. The van der Waals surface area contributed by atoms with Gasteiger partial charge in [-0.3, -0.25) is 0 Å². The van der Waals surface area contributed by atoms with Gasteiger partial charge in [-0.15, -0.1) is 0 Å². The third-order valence-electron chi connectivity index (χ3n) is 1.98. The maximum absolute atomic E-state index is 11.3. The average molecular weight is 234 g/mol. The van der Waals surface area contributed by atoms with Crippen molar-refractivity contribution >= 4 is 14.8 Å². The summed E-state index contributed by atoms with van der Waals surface area (Å²) in [6.45, 7) is 6.73. The number of hydrogen-bond donors (Lipinski definition) is 0. The minimum atomic E-state index is -2.91. The average Bonchev–Trinajstić information content (AvgIpc) is 2.21. The van der Waals surface area contributed by atoms with E-state index in [4.69, 9.17) is 18.0 Å². The van der Waals surface area contributed by atoms with Crippen molar-refractivity contribution in [2.24, 2.45) is 0 Å². The molecule has 1 unspecified atom stereocenters. The first-order valence-corrected chi connectivity index (χ1v) is 6.25. The standard InChI is InChI=1S/C9H18O5Si/c1-7(2)9(10)14-8(3)15(11-4,12-5)13-6/h8H,1H2,2-6H3. The summed E-state index contributed by atoms with van der Waals surface area (Å²) in [4.78, 5) is 11.3. The fourth-order valence-electron chi connectivity index (χ4n) is 1.08. The van der Waals surface area contributed by atoms with Crippen molar-refractivity contribution in [3.05, 3.63) is 12.2 Å². The van der Waals surface area contributed by atoms with Crippen LogP contribution in [0.3, 0.4) is 0 Å². The normalized spacial score (nSPS) is 13.4. The van der Waals surface area contributed by atoms with E-state index >= 15 is 0 Å². The Morgan fingerprint density at radius 2 is 1.60 bits per heavy atom. The third-order valence-corrected chi connectivity index (χ3v) is 4.80. The highest BCUT2D eigenvalue weighted by molar-refractivity contribution is 6.62. The van der Waals surface area contributed by atoms with Gasteiger partial charge in [0.15, 0.2) is 5.73 Å². The van der Waals surface area contributed by atoms with Crippen LogP contribution in [0.25, 0.3) is 0 Å². The molecule has 0 aliphatic heterocycles. The predicted octanol–water partition coefficient (Wildman–Crippen LogP) is 0.911. The molecule has 1 atom stereocenters. The van der Waals surface area contributed by atoms with Crippen molar-refractivity contribution in [1.82, 2.24) is 0 Å². The molecule has 0 spiro atoms. The molecule has 0 aromatic rings. The van der Waals surface area contributed by atoms with Gasteiger partial charge in [-0.2, -0.15) is 0 Å². The van der Waals surface area contributed by atoms with Gasteiger partial charge >= 0.3 is 14.8 Å². The molecule has 0 aromatic heterocycles. The fourth-order valence-corrected chi connectivity index (χ4v) is 2.83. The molecule has 0 rings (SSSR count). The Bertz CT molecular complexity index is 228. The van der Waals surface area contributed by atoms with Crippen molar-refractivity contribution in [3.8, 4) is 0 Å². The summed E-state index contributed by atoms with van der Waals surface area (Å²) in [6.07, 6.45) is 0. The van der Waals surface area contributed by atoms with Crippen LogP contribution in [0.1, 0.15) is 13.8 Å². The van der Waals surface area contributed by atoms with Gasteiger partial charge in [0.1, 0.15) is 0 Å². The molecular formula is C9H18O5Si. The quantitative estimate of drug-likeness (QED) is 0.388. The molecule has 0 N–H and O–H groups in total. The monoisotopic (exact) mass is 234 g/mol. The van der Waals surface area contributed by atoms with E-state index in [1.165, 1.54) is 21.3 Å². The lowest BCUT2D eigenvalue weighted by Gasteiger charge is -2.29. The minimum absolute atomic E-state index is 0.327. The van der Waals surface area contributed by atoms with E-state index in [0.717, 1.165) is 0 Å². The highest BCUT2D eigenvalue weighted by atomic mass is 28.4. The molecule has 0 saturated carbocycles. The third kappa shape index (κ3) is 3.42. The molecule has 0 aliphatic rings. The van der Waals surface area contributed by atoms with Crippen LogP contribution < -0.4 is 0 Å². The highest BCUT2D eigenvalue weighted by Gasteiger charge is 2.47. The summed E-state index contributed by atoms with van der Waals surface area (Å²) < 4.78 is 20.6. The second-order valence-corrected chi connectivity index (χ2v) is 6.29. The molecular weight excluding hydrogens is 216 g/mol. The van der Waals surface area contributed by atoms with E-state index in [1.54, 1.807) is 13.8 Å². The zero-order valence-electron chi connectivity index (χ0n) is 9.83. The number of esters is 1. The van der Waals surface area contributed by atoms with Crippen molar-refractivity contribution in [2.75, 3.05) is 21.3 Å². The van der Waals surface area contributed by atoms with Crippen LogP contribution in [0.5, 0.6) is 0 Å². The Labute approximate surface area is 91.3 Å². The molecule has 0 fully saturated rings. The summed E-state index contributed by atoms with van der Waals surface area (Å²) >= 11 is 0. The van der Waals surface area contributed by atoms with Crippen molar-refractivity contribution in [1.29, 1.82) is 0 Å². The number of rotatable bonds is 6. The van der Waals surface area contributed by atoms with E-state index in [9.17, 15) is 4.79 Å². The Balaban J connectivity index is 4.58. The van der Waals surface area contributed by atoms with Crippen LogP contribution in [0.15, 0.2) is 12.2 Å². The second kappa shape index (κ2) is 6.01. The largest absolute Gasteiger partial charge is 0.543 e. The lowest BCUT2D eigenvalue weighted by atomic mass is 10.4. The molecule has 0 heterocycles. The van der Waals surface area contributed by atoms with E-state index in [1.807, 2.05) is 0 Å². The van der Waals surface area contributed by atoms with Gasteiger partial charge in [0, 0.05) is 26.9 Å². The molecule has 0 aromatic carbocycles. The Kier molecular flexibility index (Phi) is 5.74. The molecule has 5 nitrogen and oxygen atoms in total. The fraction of sp³-hybridized carbons (Fsp3) is 0.667. The Morgan fingerprint density at radius 3 is 1.87 bits per heavy atom. The Hall–Kier alpha value is -0.693. The SMILES string of the molecule is C=C(C)C(=O)OC(C)[Si](OC)(OC)OC. The summed E-state index contributed by atoms with van der Waals surface area (Å²) in [5.41, 5.74) is -0.241. The van der Waals surface area contributed by atoms with E-state index in [2.05, 4.69) is 6.58 Å². The van der Waals surface area contributed by atoms with Gasteiger partial charge in [-0.25, -0.2) is 4.79 Å². The summed E-state index contributed by atoms with van der Waals surface area (Å²) in [7, 11) is 1.47. The summed E-state index contributed by atoms with van der Waals surface area (Å²) in [6, 6.07) is 0. The molecule has 0 saturated heterocycles. The molecule has 88 valence electrons. The van der Waals surface area contributed by atoms with Gasteiger partial charge in [0.05, 0.1) is 0 Å². The molecule has 0 radical (unpaired) electrons. The van der Waals surface area contributed by atoms with Crippen LogP contribution in [-0.2, 0) is 22.8 Å². The number of carbonyl (C=O) groups is 1. The van der Waals surface area contributed by atoms with Crippen LogP contribution in [0, 0.1) is 0 Å². The topological polar surface area (TPSA) is 54.0 Å². The first-order chi connectivity index (χ1) is 6.93. The van der Waals surface area contributed by atoms with Crippen molar-refractivity contribution in [3.63, 3.8) is 0 Å². The van der Waals surface area contributed by atoms with Crippen LogP contribution in [0.2, 0.25) is 0 Å². The first-order valence-electron chi connectivity index (χ1n) is 4.45. The van der Waals surface area contributed by atoms with E-state index in [0.29, 0.717) is 5.57 Å². The van der Waals surface area contributed by atoms with Crippen molar-refractivity contribution in [2.45, 2.75) is 19.6 Å². The van der Waals surface area contributed by atoms with Gasteiger partial charge in [0.2, 0.25) is 0 Å². The molecule has 0 amide bonds. The summed E-state index contributed by atoms with van der Waals surface area (Å²) in [5.74, 6) is -0.481. The van der Waals surface area contributed by atoms with Crippen LogP contribution >= 0.6 is 0 Å². The number of hydrogen-bond acceptors (Lipinski definition) is 5. The van der Waals surface area contributed by atoms with Gasteiger partial charge in [0.25, 0.3) is 0 Å². The molecule has 6 heteroatoms.